The van der Waals surface area contributed by atoms with E-state index in [-0.39, 0.29) is 26.5 Å². The number of aromatic amines is 1. The molecule has 0 amide bonds. The molecular formula is C13H12FIN4O3. The lowest BCUT2D eigenvalue weighted by Gasteiger charge is -2.18. The van der Waals surface area contributed by atoms with Crippen LogP contribution in [0.25, 0.3) is 11.0 Å². The van der Waals surface area contributed by atoms with Crippen molar-refractivity contribution in [1.29, 1.82) is 0 Å². The maximum absolute atomic E-state index is 14.6. The van der Waals surface area contributed by atoms with Crippen molar-refractivity contribution in [2.24, 2.45) is 5.73 Å². The lowest BCUT2D eigenvalue weighted by atomic mass is 10.2. The van der Waals surface area contributed by atoms with Gasteiger partial charge in [0.1, 0.15) is 11.2 Å². The number of H-pyrrole nitrogens is 1. The molecule has 7 nitrogen and oxygen atoms in total. The molecule has 1 aliphatic rings. The normalized spacial score (nSPS) is 18.1. The van der Waals surface area contributed by atoms with Crippen molar-refractivity contribution in [3.8, 4) is 0 Å². The molecule has 0 bridgehead atoms. The van der Waals surface area contributed by atoms with Crippen LogP contribution in [-0.4, -0.2) is 40.2 Å². The lowest BCUT2D eigenvalue weighted by molar-refractivity contribution is 0.0695. The summed E-state index contributed by atoms with van der Waals surface area (Å²) in [7, 11) is 0. The second kappa shape index (κ2) is 5.47. The highest BCUT2D eigenvalue weighted by Gasteiger charge is 2.26. The Balaban J connectivity index is 2.24. The molecule has 0 saturated carbocycles. The van der Waals surface area contributed by atoms with Gasteiger partial charge in [-0.05, 0) is 29.0 Å². The predicted octanol–water partition coefficient (Wildman–Crippen LogP) is 0.902. The van der Waals surface area contributed by atoms with E-state index < -0.39 is 22.8 Å². The number of nitrogens with zero attached hydrogens (tertiary/aromatic N) is 2. The Labute approximate surface area is 137 Å². The fourth-order valence-corrected chi connectivity index (χ4v) is 3.26. The van der Waals surface area contributed by atoms with Gasteiger partial charge < -0.3 is 20.7 Å². The second-order valence-electron chi connectivity index (χ2n) is 5.12. The third kappa shape index (κ3) is 2.33. The number of aromatic nitrogens is 2. The van der Waals surface area contributed by atoms with Crippen LogP contribution in [0.1, 0.15) is 16.8 Å². The van der Waals surface area contributed by atoms with E-state index >= 15 is 0 Å². The Bertz CT molecular complexity index is 838. The molecule has 3 heterocycles. The second-order valence-corrected chi connectivity index (χ2v) is 6.20. The van der Waals surface area contributed by atoms with Crippen LogP contribution in [0, 0.1) is 9.39 Å². The molecule has 1 saturated heterocycles. The number of carboxylic acids is 1. The summed E-state index contributed by atoms with van der Waals surface area (Å²) in [6.45, 7) is 1.08. The van der Waals surface area contributed by atoms with E-state index in [2.05, 4.69) is 9.97 Å². The molecule has 1 unspecified atom stereocenters. The summed E-state index contributed by atoms with van der Waals surface area (Å²) in [6, 6.07) is -0.0389. The molecule has 0 spiro atoms. The Morgan fingerprint density at radius 3 is 2.91 bits per heavy atom. The number of nitrogens with two attached hydrogens (primary N) is 1. The van der Waals surface area contributed by atoms with E-state index in [0.717, 1.165) is 12.6 Å². The van der Waals surface area contributed by atoms with Crippen LogP contribution in [0.3, 0.4) is 0 Å². The monoisotopic (exact) mass is 418 g/mol. The molecule has 0 aromatic carbocycles. The zero-order valence-corrected chi connectivity index (χ0v) is 13.4. The van der Waals surface area contributed by atoms with Crippen molar-refractivity contribution in [1.82, 2.24) is 9.97 Å². The minimum Gasteiger partial charge on any atom is -0.477 e. The Hall–Kier alpha value is -1.75. The van der Waals surface area contributed by atoms with Crippen LogP contribution in [0.4, 0.5) is 10.2 Å². The van der Waals surface area contributed by atoms with Gasteiger partial charge in [-0.3, -0.25) is 4.79 Å². The number of carboxylic acid groups (broad SMARTS) is 1. The van der Waals surface area contributed by atoms with Gasteiger partial charge in [0.15, 0.2) is 11.6 Å². The van der Waals surface area contributed by atoms with Crippen molar-refractivity contribution in [3.63, 3.8) is 0 Å². The highest BCUT2D eigenvalue weighted by atomic mass is 127. The summed E-state index contributed by atoms with van der Waals surface area (Å²) < 4.78 is 14.6. The van der Waals surface area contributed by atoms with Gasteiger partial charge in [-0.25, -0.2) is 14.2 Å². The van der Waals surface area contributed by atoms with Crippen LogP contribution < -0.4 is 16.1 Å². The summed E-state index contributed by atoms with van der Waals surface area (Å²) in [5.41, 5.74) is 4.80. The van der Waals surface area contributed by atoms with Gasteiger partial charge in [0.05, 0.1) is 8.96 Å². The zero-order chi connectivity index (χ0) is 16.0. The third-order valence-electron chi connectivity index (χ3n) is 3.64. The highest BCUT2D eigenvalue weighted by Crippen LogP contribution is 2.28. The first-order valence-electron chi connectivity index (χ1n) is 6.54. The molecule has 0 aliphatic carbocycles. The summed E-state index contributed by atoms with van der Waals surface area (Å²) >= 11 is 1.70. The number of anilines is 1. The Morgan fingerprint density at radius 2 is 2.32 bits per heavy atom. The molecule has 22 heavy (non-hydrogen) atoms. The van der Waals surface area contributed by atoms with Crippen LogP contribution in [0.5, 0.6) is 0 Å². The number of hydrogen-bond donors (Lipinski definition) is 3. The van der Waals surface area contributed by atoms with Gasteiger partial charge in [-0.2, -0.15) is 0 Å². The lowest BCUT2D eigenvalue weighted by Crippen LogP contribution is -2.28. The Kier molecular flexibility index (Phi) is 3.77. The molecule has 3 rings (SSSR count). The van der Waals surface area contributed by atoms with Gasteiger partial charge in [0.2, 0.25) is 5.43 Å². The average molecular weight is 418 g/mol. The number of pyridine rings is 2. The first-order valence-corrected chi connectivity index (χ1v) is 7.62. The van der Waals surface area contributed by atoms with Crippen LogP contribution >= 0.6 is 22.6 Å². The van der Waals surface area contributed by atoms with Crippen molar-refractivity contribution in [2.75, 3.05) is 18.0 Å². The molecule has 116 valence electrons. The maximum Gasteiger partial charge on any atom is 0.341 e. The standard InChI is InChI=1S/C13H12FIN4O3/c14-8-9(15)7-10(20)6(13(21)22)3-17-11(7)18-12(8)19-2-1-5(16)4-19/h3,5H,1-2,4,16H2,(H,21,22)(H,17,18,20). The molecule has 2 aromatic heterocycles. The highest BCUT2D eigenvalue weighted by molar-refractivity contribution is 14.1. The van der Waals surface area contributed by atoms with E-state index in [0.29, 0.717) is 13.1 Å². The van der Waals surface area contributed by atoms with Gasteiger partial charge >= 0.3 is 5.97 Å². The van der Waals surface area contributed by atoms with Crippen LogP contribution in [0.15, 0.2) is 11.0 Å². The molecule has 1 fully saturated rings. The zero-order valence-electron chi connectivity index (χ0n) is 11.3. The molecule has 4 N–H and O–H groups in total. The number of rotatable bonds is 2. The largest absolute Gasteiger partial charge is 0.477 e. The first-order chi connectivity index (χ1) is 10.4. The van der Waals surface area contributed by atoms with Gasteiger partial charge in [-0.15, -0.1) is 0 Å². The van der Waals surface area contributed by atoms with E-state index in [1.165, 1.54) is 0 Å². The van der Waals surface area contributed by atoms with E-state index in [9.17, 15) is 14.0 Å². The fourth-order valence-electron chi connectivity index (χ4n) is 2.52. The average Bonchev–Trinajstić information content (AvgIpc) is 2.88. The third-order valence-corrected chi connectivity index (χ3v) is 4.66. The fraction of sp³-hybridized carbons (Fsp3) is 0.308. The summed E-state index contributed by atoms with van der Waals surface area (Å²) in [6.07, 6.45) is 1.82. The van der Waals surface area contributed by atoms with Crippen LogP contribution in [-0.2, 0) is 0 Å². The SMILES string of the molecule is NC1CCN(c2nc3[nH]cc(C(=O)O)c(=O)c3c(I)c2F)C1. The van der Waals surface area contributed by atoms with Gasteiger partial charge in [0, 0.05) is 25.3 Å². The molecule has 2 aromatic rings. The number of nitrogens with one attached hydrogen (secondary N) is 1. The summed E-state index contributed by atoms with van der Waals surface area (Å²) in [5.74, 6) is -1.87. The van der Waals surface area contributed by atoms with Crippen molar-refractivity contribution in [3.05, 3.63) is 31.4 Å². The van der Waals surface area contributed by atoms with Crippen LogP contribution in [0.2, 0.25) is 0 Å². The molecule has 9 heteroatoms. The molecule has 1 atom stereocenters. The van der Waals surface area contributed by atoms with Gasteiger partial charge in [0.25, 0.3) is 0 Å². The molecule has 0 radical (unpaired) electrons. The first kappa shape index (κ1) is 15.2. The maximum atomic E-state index is 14.6. The van der Waals surface area contributed by atoms with E-state index in [1.54, 1.807) is 27.5 Å². The molecular weight excluding hydrogens is 406 g/mol. The Morgan fingerprint density at radius 1 is 1.59 bits per heavy atom. The minimum absolute atomic E-state index is 0.0389. The van der Waals surface area contributed by atoms with Crippen molar-refractivity contribution >= 4 is 45.4 Å². The number of halogens is 2. The van der Waals surface area contributed by atoms with Crippen molar-refractivity contribution < 1.29 is 14.3 Å². The smallest absolute Gasteiger partial charge is 0.341 e. The number of hydrogen-bond acceptors (Lipinski definition) is 5. The summed E-state index contributed by atoms with van der Waals surface area (Å²) in [4.78, 5) is 31.7. The van der Waals surface area contributed by atoms with Gasteiger partial charge in [-0.1, -0.05) is 0 Å². The topological polar surface area (TPSA) is 112 Å². The predicted molar refractivity (Wildman–Crippen MR) is 86.8 cm³/mol. The molecule has 1 aliphatic heterocycles. The summed E-state index contributed by atoms with van der Waals surface area (Å²) in [5, 5.41) is 8.93. The minimum atomic E-state index is -1.37. The van der Waals surface area contributed by atoms with E-state index in [4.69, 9.17) is 10.8 Å². The number of aromatic carboxylic acids is 1. The quantitative estimate of drug-likeness (QED) is 0.625. The van der Waals surface area contributed by atoms with E-state index in [1.807, 2.05) is 0 Å². The number of fused-ring (bicyclic) bond motifs is 1. The number of carbonyl (C=O) groups is 1. The van der Waals surface area contributed by atoms with Crippen molar-refractivity contribution in [2.45, 2.75) is 12.5 Å².